The van der Waals surface area contributed by atoms with Crippen molar-refractivity contribution in [3.8, 4) is 0 Å². The molecule has 3 aliphatic rings. The number of rotatable bonds is 4. The molecular weight excluding hydrogens is 468 g/mol. The lowest BCUT2D eigenvalue weighted by Gasteiger charge is -2.37. The Kier molecular flexibility index (Phi) is 5.13. The molecule has 28 heavy (non-hydrogen) atoms. The third-order valence-electron chi connectivity index (χ3n) is 6.03. The van der Waals surface area contributed by atoms with Crippen LogP contribution in [0.25, 0.3) is 0 Å². The van der Waals surface area contributed by atoms with E-state index in [1.807, 2.05) is 24.3 Å². The molecule has 7 nitrogen and oxygen atoms in total. The van der Waals surface area contributed by atoms with Crippen LogP contribution in [0.2, 0.25) is 0 Å². The van der Waals surface area contributed by atoms with Gasteiger partial charge in [-0.3, -0.25) is 4.79 Å². The summed E-state index contributed by atoms with van der Waals surface area (Å²) >= 11 is 3.46. The summed E-state index contributed by atoms with van der Waals surface area (Å²) < 4.78 is 51.1. The number of piperazine rings is 1. The molecule has 1 aromatic rings. The standard InChI is InChI=1S/C18H23BrN2O5S2/c19-15-3-1-2-14(12-15)18(5-6-18)17(22)20-7-9-21(10-8-20)28(25,26)16-4-11-27(23,24)13-16/h1-3,12,16H,4-11,13H2. The average Bonchev–Trinajstić information content (AvgIpc) is 3.39. The monoisotopic (exact) mass is 490 g/mol. The average molecular weight is 491 g/mol. The van der Waals surface area contributed by atoms with Gasteiger partial charge in [-0.25, -0.2) is 16.8 Å². The topological polar surface area (TPSA) is 91.8 Å². The van der Waals surface area contributed by atoms with Gasteiger partial charge in [0.1, 0.15) is 0 Å². The van der Waals surface area contributed by atoms with Crippen LogP contribution >= 0.6 is 15.9 Å². The Balaban J connectivity index is 1.42. The van der Waals surface area contributed by atoms with Gasteiger partial charge in [0.15, 0.2) is 9.84 Å². The highest BCUT2D eigenvalue weighted by molar-refractivity contribution is 9.10. The van der Waals surface area contributed by atoms with Gasteiger partial charge in [0.25, 0.3) is 0 Å². The molecule has 0 radical (unpaired) electrons. The van der Waals surface area contributed by atoms with Gasteiger partial charge in [-0.15, -0.1) is 0 Å². The molecule has 10 heteroatoms. The Morgan fingerprint density at radius 1 is 1.14 bits per heavy atom. The molecule has 1 aromatic carbocycles. The van der Waals surface area contributed by atoms with E-state index in [2.05, 4.69) is 15.9 Å². The largest absolute Gasteiger partial charge is 0.339 e. The number of hydrogen-bond acceptors (Lipinski definition) is 5. The number of halogens is 1. The van der Waals surface area contributed by atoms with Crippen molar-refractivity contribution in [2.45, 2.75) is 29.9 Å². The van der Waals surface area contributed by atoms with Crippen molar-refractivity contribution in [1.29, 1.82) is 0 Å². The van der Waals surface area contributed by atoms with E-state index in [0.717, 1.165) is 22.9 Å². The molecule has 1 unspecified atom stereocenters. The molecule has 2 saturated heterocycles. The second-order valence-corrected chi connectivity index (χ2v) is 13.2. The van der Waals surface area contributed by atoms with Gasteiger partial charge in [0.2, 0.25) is 15.9 Å². The lowest BCUT2D eigenvalue weighted by molar-refractivity contribution is -0.135. The van der Waals surface area contributed by atoms with E-state index >= 15 is 0 Å². The Morgan fingerprint density at radius 3 is 2.36 bits per heavy atom. The number of amides is 1. The Hall–Kier alpha value is -0.970. The van der Waals surface area contributed by atoms with E-state index in [9.17, 15) is 21.6 Å². The molecule has 1 amide bonds. The van der Waals surface area contributed by atoms with Crippen LogP contribution in [0.5, 0.6) is 0 Å². The Morgan fingerprint density at radius 2 is 1.82 bits per heavy atom. The molecule has 0 aromatic heterocycles. The van der Waals surface area contributed by atoms with Crippen LogP contribution in [0, 0.1) is 0 Å². The number of nitrogens with zero attached hydrogens (tertiary/aromatic N) is 2. The minimum Gasteiger partial charge on any atom is -0.339 e. The van der Waals surface area contributed by atoms with Crippen LogP contribution in [0.3, 0.4) is 0 Å². The van der Waals surface area contributed by atoms with Gasteiger partial charge < -0.3 is 4.90 Å². The first-order chi connectivity index (χ1) is 13.1. The van der Waals surface area contributed by atoms with Crippen molar-refractivity contribution >= 4 is 41.7 Å². The molecular formula is C18H23BrN2O5S2. The van der Waals surface area contributed by atoms with Crippen molar-refractivity contribution in [3.63, 3.8) is 0 Å². The summed E-state index contributed by atoms with van der Waals surface area (Å²) in [6, 6.07) is 7.80. The van der Waals surface area contributed by atoms with Crippen LogP contribution in [0.1, 0.15) is 24.8 Å². The third kappa shape index (κ3) is 3.64. The molecule has 0 N–H and O–H groups in total. The first-order valence-corrected chi connectivity index (χ1v) is 13.5. The van der Waals surface area contributed by atoms with Crippen LogP contribution in [0.4, 0.5) is 0 Å². The molecule has 4 rings (SSSR count). The minimum atomic E-state index is -3.65. The number of hydrogen-bond donors (Lipinski definition) is 0. The molecule has 1 atom stereocenters. The lowest BCUT2D eigenvalue weighted by Crippen LogP contribution is -2.54. The number of sulfonamides is 1. The highest BCUT2D eigenvalue weighted by Gasteiger charge is 2.53. The predicted molar refractivity (Wildman–Crippen MR) is 109 cm³/mol. The van der Waals surface area contributed by atoms with E-state index in [1.54, 1.807) is 4.90 Å². The predicted octanol–water partition coefficient (Wildman–Crippen LogP) is 1.14. The molecule has 3 fully saturated rings. The van der Waals surface area contributed by atoms with Gasteiger partial charge in [-0.1, -0.05) is 28.1 Å². The van der Waals surface area contributed by atoms with Crippen LogP contribution < -0.4 is 0 Å². The maximum Gasteiger partial charge on any atom is 0.233 e. The SMILES string of the molecule is O=C(N1CCN(S(=O)(=O)C2CCS(=O)(=O)C2)CC1)C1(c2cccc(Br)c2)CC1. The van der Waals surface area contributed by atoms with Crippen molar-refractivity contribution < 1.29 is 21.6 Å². The minimum absolute atomic E-state index is 0.0612. The molecule has 1 aliphatic carbocycles. The smallest absolute Gasteiger partial charge is 0.233 e. The highest BCUT2D eigenvalue weighted by Crippen LogP contribution is 2.50. The van der Waals surface area contributed by atoms with Crippen LogP contribution in [0.15, 0.2) is 28.7 Å². The summed E-state index contributed by atoms with van der Waals surface area (Å²) in [6.07, 6.45) is 1.78. The zero-order valence-corrected chi connectivity index (χ0v) is 18.6. The summed E-state index contributed by atoms with van der Waals surface area (Å²) in [4.78, 5) is 14.9. The van der Waals surface area contributed by atoms with E-state index < -0.39 is 30.5 Å². The fourth-order valence-corrected chi connectivity index (χ4v) is 9.10. The maximum absolute atomic E-state index is 13.2. The number of sulfone groups is 1. The maximum atomic E-state index is 13.2. The van der Waals surface area contributed by atoms with E-state index in [4.69, 9.17) is 0 Å². The second kappa shape index (κ2) is 7.07. The van der Waals surface area contributed by atoms with Crippen molar-refractivity contribution in [2.75, 3.05) is 37.7 Å². The Labute approximate surface area is 174 Å². The van der Waals surface area contributed by atoms with Gasteiger partial charge in [-0.05, 0) is 37.0 Å². The van der Waals surface area contributed by atoms with E-state index in [0.29, 0.717) is 13.1 Å². The zero-order chi connectivity index (χ0) is 20.2. The highest BCUT2D eigenvalue weighted by atomic mass is 79.9. The van der Waals surface area contributed by atoms with Gasteiger partial charge in [0.05, 0.1) is 22.2 Å². The van der Waals surface area contributed by atoms with Crippen LogP contribution in [-0.2, 0) is 30.1 Å². The molecule has 0 spiro atoms. The summed E-state index contributed by atoms with van der Waals surface area (Å²) in [6.45, 7) is 1.12. The first-order valence-electron chi connectivity index (χ1n) is 9.39. The van der Waals surface area contributed by atoms with Gasteiger partial charge in [0, 0.05) is 30.7 Å². The quantitative estimate of drug-likeness (QED) is 0.630. The third-order valence-corrected chi connectivity index (χ3v) is 10.8. The molecule has 0 bridgehead atoms. The fraction of sp³-hybridized carbons (Fsp3) is 0.611. The van der Waals surface area contributed by atoms with Gasteiger partial charge in [-0.2, -0.15) is 4.31 Å². The van der Waals surface area contributed by atoms with Crippen molar-refractivity contribution in [2.24, 2.45) is 0 Å². The summed E-state index contributed by atoms with van der Waals surface area (Å²) in [5.74, 6) is -0.295. The molecule has 1 saturated carbocycles. The van der Waals surface area contributed by atoms with Crippen molar-refractivity contribution in [1.82, 2.24) is 9.21 Å². The van der Waals surface area contributed by atoms with E-state index in [-0.39, 0.29) is 36.9 Å². The van der Waals surface area contributed by atoms with Crippen molar-refractivity contribution in [3.05, 3.63) is 34.3 Å². The molecule has 2 aliphatic heterocycles. The summed E-state index contributed by atoms with van der Waals surface area (Å²) in [5, 5.41) is -0.851. The second-order valence-electron chi connectivity index (χ2n) is 7.85. The fourth-order valence-electron chi connectivity index (χ4n) is 4.19. The first kappa shape index (κ1) is 20.3. The zero-order valence-electron chi connectivity index (χ0n) is 15.4. The molecule has 154 valence electrons. The molecule has 2 heterocycles. The van der Waals surface area contributed by atoms with Crippen LogP contribution in [-0.4, -0.2) is 74.9 Å². The normalized spacial score (nSPS) is 26.9. The van der Waals surface area contributed by atoms with Gasteiger partial charge >= 0.3 is 0 Å². The lowest BCUT2D eigenvalue weighted by atomic mass is 9.94. The van der Waals surface area contributed by atoms with E-state index in [1.165, 1.54) is 4.31 Å². The Bertz CT molecular complexity index is 997. The summed E-state index contributed by atoms with van der Waals surface area (Å²) in [5.41, 5.74) is 0.516. The number of carbonyl (C=O) groups excluding carboxylic acids is 1. The number of carbonyl (C=O) groups is 1. The summed E-state index contributed by atoms with van der Waals surface area (Å²) in [7, 11) is -6.91. The number of benzene rings is 1.